The van der Waals surface area contributed by atoms with Gasteiger partial charge >= 0.3 is 11.9 Å². The van der Waals surface area contributed by atoms with Crippen molar-refractivity contribution in [2.45, 2.75) is 97.0 Å². The Bertz CT molecular complexity index is 426. The summed E-state index contributed by atoms with van der Waals surface area (Å²) < 4.78 is 11.0. The molecule has 2 unspecified atom stereocenters. The van der Waals surface area contributed by atoms with Crippen LogP contribution in [0.5, 0.6) is 0 Å². The van der Waals surface area contributed by atoms with Crippen molar-refractivity contribution in [1.82, 2.24) is 0 Å². The summed E-state index contributed by atoms with van der Waals surface area (Å²) in [6.07, 6.45) is 13.9. The summed E-state index contributed by atoms with van der Waals surface area (Å²) in [6, 6.07) is 0. The van der Waals surface area contributed by atoms with Gasteiger partial charge in [-0.1, -0.05) is 52.2 Å². The predicted octanol–water partition coefficient (Wildman–Crippen LogP) is 5.35. The van der Waals surface area contributed by atoms with Gasteiger partial charge in [0.15, 0.2) is 0 Å². The van der Waals surface area contributed by atoms with E-state index in [0.717, 1.165) is 51.4 Å². The van der Waals surface area contributed by atoms with E-state index in [0.29, 0.717) is 13.0 Å². The monoisotopic (exact) mass is 352 g/mol. The van der Waals surface area contributed by atoms with Crippen LogP contribution in [0, 0.1) is 5.92 Å². The molecule has 0 aliphatic carbocycles. The van der Waals surface area contributed by atoms with E-state index in [-0.39, 0.29) is 24.3 Å². The fourth-order valence-corrected chi connectivity index (χ4v) is 3.47. The Morgan fingerprint density at radius 1 is 1.16 bits per heavy atom. The molecule has 0 saturated carbocycles. The molecule has 0 aromatic rings. The molecular formula is C21H36O4. The highest BCUT2D eigenvalue weighted by molar-refractivity contribution is 5.75. The quantitative estimate of drug-likeness (QED) is 0.270. The number of allylic oxidation sites excluding steroid dienone is 2. The van der Waals surface area contributed by atoms with Gasteiger partial charge in [-0.05, 0) is 38.5 Å². The Balaban J connectivity index is 2.59. The molecule has 4 heteroatoms. The van der Waals surface area contributed by atoms with Crippen LogP contribution in [-0.4, -0.2) is 24.1 Å². The Labute approximate surface area is 153 Å². The van der Waals surface area contributed by atoms with E-state index in [1.54, 1.807) is 0 Å². The fourth-order valence-electron chi connectivity index (χ4n) is 3.47. The number of carbonyl (C=O) groups is 2. The van der Waals surface area contributed by atoms with E-state index in [4.69, 9.17) is 9.47 Å². The molecule has 1 heterocycles. The number of carbonyl (C=O) groups excluding carboxylic acids is 2. The average Bonchev–Trinajstić information content (AvgIpc) is 2.57. The molecule has 0 aromatic heterocycles. The zero-order valence-corrected chi connectivity index (χ0v) is 16.4. The summed E-state index contributed by atoms with van der Waals surface area (Å²) in [5.74, 6) is -0.431. The second kappa shape index (κ2) is 12.1. The molecule has 0 radical (unpaired) electrons. The molecule has 0 spiro atoms. The number of cyclic esters (lactones) is 1. The molecule has 1 rings (SSSR count). The van der Waals surface area contributed by atoms with Gasteiger partial charge < -0.3 is 9.47 Å². The van der Waals surface area contributed by atoms with Crippen LogP contribution in [0.1, 0.15) is 91.4 Å². The molecule has 0 N–H and O–H groups in total. The predicted molar refractivity (Wildman–Crippen MR) is 100 cm³/mol. The second-order valence-electron chi connectivity index (χ2n) is 7.18. The van der Waals surface area contributed by atoms with Gasteiger partial charge in [0, 0.05) is 6.42 Å². The second-order valence-corrected chi connectivity index (χ2v) is 7.18. The summed E-state index contributed by atoms with van der Waals surface area (Å²) in [7, 11) is 0. The van der Waals surface area contributed by atoms with E-state index in [1.807, 2.05) is 0 Å². The zero-order valence-electron chi connectivity index (χ0n) is 16.4. The average molecular weight is 353 g/mol. The van der Waals surface area contributed by atoms with E-state index in [2.05, 4.69) is 32.9 Å². The Hall–Kier alpha value is -1.32. The van der Waals surface area contributed by atoms with Crippen LogP contribution in [0.15, 0.2) is 12.2 Å². The van der Waals surface area contributed by atoms with Crippen molar-refractivity contribution in [3.8, 4) is 0 Å². The van der Waals surface area contributed by atoms with Crippen LogP contribution in [0.4, 0.5) is 0 Å². The maximum Gasteiger partial charge on any atom is 0.309 e. The fraction of sp³-hybridized carbons (Fsp3) is 0.810. The van der Waals surface area contributed by atoms with Gasteiger partial charge in [0.25, 0.3) is 0 Å². The SMILES string of the molecule is CCCC=CCCCC(CCC)C(=O)OC1(CCC)CCOC(=O)C1. The lowest BCUT2D eigenvalue weighted by molar-refractivity contribution is -0.182. The highest BCUT2D eigenvalue weighted by atomic mass is 16.6. The number of hydrogen-bond donors (Lipinski definition) is 0. The first kappa shape index (κ1) is 21.7. The summed E-state index contributed by atoms with van der Waals surface area (Å²) in [5, 5.41) is 0. The molecule has 0 amide bonds. The van der Waals surface area contributed by atoms with Crippen LogP contribution in [0.3, 0.4) is 0 Å². The first-order chi connectivity index (χ1) is 12.1. The van der Waals surface area contributed by atoms with Crippen molar-refractivity contribution >= 4 is 11.9 Å². The van der Waals surface area contributed by atoms with Crippen LogP contribution in [0.2, 0.25) is 0 Å². The smallest absolute Gasteiger partial charge is 0.309 e. The minimum atomic E-state index is -0.645. The topological polar surface area (TPSA) is 52.6 Å². The summed E-state index contributed by atoms with van der Waals surface area (Å²) in [6.45, 7) is 6.68. The highest BCUT2D eigenvalue weighted by Gasteiger charge is 2.41. The van der Waals surface area contributed by atoms with Gasteiger partial charge in [-0.25, -0.2) is 0 Å². The Kier molecular flexibility index (Phi) is 10.5. The maximum absolute atomic E-state index is 12.8. The molecule has 0 aromatic carbocycles. The first-order valence-corrected chi connectivity index (χ1v) is 10.1. The van der Waals surface area contributed by atoms with Crippen LogP contribution < -0.4 is 0 Å². The molecule has 2 atom stereocenters. The van der Waals surface area contributed by atoms with E-state index >= 15 is 0 Å². The summed E-state index contributed by atoms with van der Waals surface area (Å²) >= 11 is 0. The van der Waals surface area contributed by atoms with Gasteiger partial charge in [0.2, 0.25) is 0 Å². The molecule has 1 aliphatic rings. The van der Waals surface area contributed by atoms with Crippen molar-refractivity contribution in [3.63, 3.8) is 0 Å². The molecular weight excluding hydrogens is 316 g/mol. The van der Waals surface area contributed by atoms with Gasteiger partial charge in [0.1, 0.15) is 5.60 Å². The van der Waals surface area contributed by atoms with Gasteiger partial charge in [-0.15, -0.1) is 0 Å². The van der Waals surface area contributed by atoms with Crippen molar-refractivity contribution in [3.05, 3.63) is 12.2 Å². The summed E-state index contributed by atoms with van der Waals surface area (Å²) in [4.78, 5) is 24.5. The maximum atomic E-state index is 12.8. The molecule has 1 fully saturated rings. The van der Waals surface area contributed by atoms with Crippen molar-refractivity contribution in [2.24, 2.45) is 5.92 Å². The third kappa shape index (κ3) is 8.06. The van der Waals surface area contributed by atoms with Crippen molar-refractivity contribution in [2.75, 3.05) is 6.61 Å². The first-order valence-electron chi connectivity index (χ1n) is 10.1. The van der Waals surface area contributed by atoms with E-state index in [1.165, 1.54) is 6.42 Å². The molecule has 1 saturated heterocycles. The molecule has 1 aliphatic heterocycles. The lowest BCUT2D eigenvalue weighted by Gasteiger charge is -2.36. The number of ether oxygens (including phenoxy) is 2. The number of unbranched alkanes of at least 4 members (excludes halogenated alkanes) is 2. The largest absolute Gasteiger partial charge is 0.465 e. The summed E-state index contributed by atoms with van der Waals surface area (Å²) in [5.41, 5.74) is -0.645. The molecule has 25 heavy (non-hydrogen) atoms. The van der Waals surface area contributed by atoms with Crippen LogP contribution in [-0.2, 0) is 19.1 Å². The minimum Gasteiger partial charge on any atom is -0.465 e. The lowest BCUT2D eigenvalue weighted by atomic mass is 9.88. The Morgan fingerprint density at radius 2 is 1.92 bits per heavy atom. The zero-order chi connectivity index (χ0) is 18.5. The van der Waals surface area contributed by atoms with Crippen molar-refractivity contribution < 1.29 is 19.1 Å². The molecule has 4 nitrogen and oxygen atoms in total. The van der Waals surface area contributed by atoms with Crippen molar-refractivity contribution in [1.29, 1.82) is 0 Å². The van der Waals surface area contributed by atoms with E-state index in [9.17, 15) is 9.59 Å². The molecule has 0 bridgehead atoms. The van der Waals surface area contributed by atoms with Gasteiger partial charge in [0.05, 0.1) is 18.9 Å². The minimum absolute atomic E-state index is 0.0590. The van der Waals surface area contributed by atoms with Gasteiger partial charge in [-0.3, -0.25) is 9.59 Å². The van der Waals surface area contributed by atoms with Crippen LogP contribution in [0.25, 0.3) is 0 Å². The standard InChI is InChI=1S/C21H36O4/c1-4-7-8-9-10-11-13-18(12-5-2)20(23)25-21(14-6-3)15-16-24-19(22)17-21/h8-9,18H,4-7,10-17H2,1-3H3. The third-order valence-corrected chi connectivity index (χ3v) is 4.83. The number of hydrogen-bond acceptors (Lipinski definition) is 4. The lowest BCUT2D eigenvalue weighted by Crippen LogP contribution is -2.44. The number of rotatable bonds is 12. The Morgan fingerprint density at radius 3 is 2.56 bits per heavy atom. The van der Waals surface area contributed by atoms with E-state index < -0.39 is 5.60 Å². The third-order valence-electron chi connectivity index (χ3n) is 4.83. The van der Waals surface area contributed by atoms with Crippen LogP contribution >= 0.6 is 0 Å². The normalized spacial score (nSPS) is 22.0. The molecule has 144 valence electrons. The van der Waals surface area contributed by atoms with Gasteiger partial charge in [-0.2, -0.15) is 0 Å². The number of esters is 2. The highest BCUT2D eigenvalue weighted by Crippen LogP contribution is 2.33.